The van der Waals surface area contributed by atoms with Gasteiger partial charge in [0, 0.05) is 23.0 Å². The smallest absolute Gasteiger partial charge is 0.304 e. The van der Waals surface area contributed by atoms with E-state index in [1.165, 1.54) is 10.6 Å². The summed E-state index contributed by atoms with van der Waals surface area (Å²) < 4.78 is 1.13. The van der Waals surface area contributed by atoms with Crippen LogP contribution in [0.3, 0.4) is 0 Å². The van der Waals surface area contributed by atoms with Gasteiger partial charge in [-0.1, -0.05) is 18.2 Å². The number of halogens is 1. The average Bonchev–Trinajstić information content (AvgIpc) is 2.95. The number of hydrogen-bond donors (Lipinski definition) is 1. The molecular weight excluding hydrogens is 338 g/mol. The summed E-state index contributed by atoms with van der Waals surface area (Å²) in [7, 11) is 0. The first-order chi connectivity index (χ1) is 9.63. The van der Waals surface area contributed by atoms with Gasteiger partial charge in [0.15, 0.2) is 0 Å². The van der Waals surface area contributed by atoms with E-state index in [0.29, 0.717) is 0 Å². The van der Waals surface area contributed by atoms with E-state index in [1.54, 1.807) is 11.3 Å². The third kappa shape index (κ3) is 2.74. The van der Waals surface area contributed by atoms with Gasteiger partial charge in [-0.15, -0.1) is 11.3 Å². The Labute approximate surface area is 130 Å². The van der Waals surface area contributed by atoms with E-state index in [4.69, 9.17) is 5.11 Å². The van der Waals surface area contributed by atoms with Crippen molar-refractivity contribution >= 4 is 38.9 Å². The lowest BCUT2D eigenvalue weighted by Gasteiger charge is -2.18. The number of aliphatic carboxylic acids is 1. The van der Waals surface area contributed by atoms with E-state index in [-0.39, 0.29) is 12.3 Å². The molecule has 0 saturated carbocycles. The molecule has 0 spiro atoms. The highest BCUT2D eigenvalue weighted by atomic mass is 79.9. The molecule has 2 aromatic rings. The summed E-state index contributed by atoms with van der Waals surface area (Å²) in [5.41, 5.74) is 2.33. The number of carbonyl (C=O) groups is 1. The molecule has 0 radical (unpaired) electrons. The van der Waals surface area contributed by atoms with Gasteiger partial charge in [0.25, 0.3) is 0 Å². The fourth-order valence-electron chi connectivity index (χ4n) is 2.74. The highest BCUT2D eigenvalue weighted by molar-refractivity contribution is 9.11. The van der Waals surface area contributed by atoms with Gasteiger partial charge in [0.05, 0.1) is 16.8 Å². The number of benzene rings is 1. The Bertz CT molecular complexity index is 640. The van der Waals surface area contributed by atoms with Crippen LogP contribution in [0.25, 0.3) is 0 Å². The second-order valence-corrected chi connectivity index (χ2v) is 7.49. The van der Waals surface area contributed by atoms with Crippen LogP contribution in [0.1, 0.15) is 22.8 Å². The first kappa shape index (κ1) is 13.6. The van der Waals surface area contributed by atoms with Crippen LogP contribution < -0.4 is 4.90 Å². The Morgan fingerprint density at radius 3 is 2.85 bits per heavy atom. The number of carboxylic acid groups (broad SMARTS) is 1. The van der Waals surface area contributed by atoms with Crippen LogP contribution in [-0.2, 0) is 11.3 Å². The number of para-hydroxylation sites is 1. The van der Waals surface area contributed by atoms with Crippen molar-refractivity contribution in [2.45, 2.75) is 18.9 Å². The molecule has 1 aliphatic heterocycles. The Balaban J connectivity index is 1.84. The maximum atomic E-state index is 11.0. The summed E-state index contributed by atoms with van der Waals surface area (Å²) in [5.74, 6) is -0.641. The molecule has 5 heteroatoms. The minimum absolute atomic E-state index is 0.0899. The van der Waals surface area contributed by atoms with E-state index in [1.807, 2.05) is 18.2 Å². The van der Waals surface area contributed by atoms with Crippen LogP contribution in [0.5, 0.6) is 0 Å². The standard InChI is InChI=1S/C15H14BrNO2S/c16-14-6-5-11(20-14)9-17-8-10(7-15(18)19)12-3-1-2-4-13(12)17/h1-6,10H,7-9H2,(H,18,19). The van der Waals surface area contributed by atoms with Gasteiger partial charge in [0.1, 0.15) is 0 Å². The van der Waals surface area contributed by atoms with Crippen molar-refractivity contribution in [1.29, 1.82) is 0 Å². The zero-order valence-electron chi connectivity index (χ0n) is 10.8. The number of rotatable bonds is 4. The third-order valence-corrected chi connectivity index (χ3v) is 5.16. The van der Waals surface area contributed by atoms with Crippen molar-refractivity contribution < 1.29 is 9.90 Å². The number of hydrogen-bond acceptors (Lipinski definition) is 3. The third-order valence-electron chi connectivity index (χ3n) is 3.55. The number of anilines is 1. The van der Waals surface area contributed by atoms with E-state index in [2.05, 4.69) is 39.0 Å². The zero-order chi connectivity index (χ0) is 14.1. The van der Waals surface area contributed by atoms with Crippen molar-refractivity contribution in [2.24, 2.45) is 0 Å². The largest absolute Gasteiger partial charge is 0.481 e. The van der Waals surface area contributed by atoms with Crippen LogP contribution in [-0.4, -0.2) is 17.6 Å². The minimum atomic E-state index is -0.731. The summed E-state index contributed by atoms with van der Waals surface area (Å²) in [4.78, 5) is 14.6. The zero-order valence-corrected chi connectivity index (χ0v) is 13.2. The van der Waals surface area contributed by atoms with E-state index in [0.717, 1.165) is 22.4 Å². The van der Waals surface area contributed by atoms with Crippen LogP contribution in [0.15, 0.2) is 40.2 Å². The Hall–Kier alpha value is -1.33. The monoisotopic (exact) mass is 351 g/mol. The molecule has 3 nitrogen and oxygen atoms in total. The topological polar surface area (TPSA) is 40.5 Å². The summed E-state index contributed by atoms with van der Waals surface area (Å²) in [6, 6.07) is 12.3. The second-order valence-electron chi connectivity index (χ2n) is 4.94. The molecule has 2 heterocycles. The summed E-state index contributed by atoms with van der Waals surface area (Å²) >= 11 is 5.20. The van der Waals surface area contributed by atoms with Crippen molar-refractivity contribution in [1.82, 2.24) is 0 Å². The summed E-state index contributed by atoms with van der Waals surface area (Å²) in [6.07, 6.45) is 0.196. The molecule has 1 aromatic heterocycles. The van der Waals surface area contributed by atoms with Crippen molar-refractivity contribution in [3.63, 3.8) is 0 Å². The fourth-order valence-corrected chi connectivity index (χ4v) is 4.24. The van der Waals surface area contributed by atoms with E-state index >= 15 is 0 Å². The number of fused-ring (bicyclic) bond motifs is 1. The lowest BCUT2D eigenvalue weighted by Crippen LogP contribution is -2.21. The molecule has 0 fully saturated rings. The van der Waals surface area contributed by atoms with Crippen LogP contribution >= 0.6 is 27.3 Å². The number of nitrogens with zero attached hydrogens (tertiary/aromatic N) is 1. The highest BCUT2D eigenvalue weighted by Crippen LogP contribution is 2.39. The molecule has 104 valence electrons. The maximum absolute atomic E-state index is 11.0. The van der Waals surface area contributed by atoms with Crippen molar-refractivity contribution in [3.8, 4) is 0 Å². The highest BCUT2D eigenvalue weighted by Gasteiger charge is 2.29. The van der Waals surface area contributed by atoms with Gasteiger partial charge < -0.3 is 10.0 Å². The lowest BCUT2D eigenvalue weighted by atomic mass is 9.98. The number of carboxylic acids is 1. The minimum Gasteiger partial charge on any atom is -0.481 e. The van der Waals surface area contributed by atoms with Gasteiger partial charge in [-0.25, -0.2) is 0 Å². The van der Waals surface area contributed by atoms with Crippen LogP contribution in [0, 0.1) is 0 Å². The molecule has 1 unspecified atom stereocenters. The summed E-state index contributed by atoms with van der Waals surface area (Å²) in [6.45, 7) is 1.62. The van der Waals surface area contributed by atoms with Crippen molar-refractivity contribution in [2.75, 3.05) is 11.4 Å². The molecule has 3 rings (SSSR count). The first-order valence-electron chi connectivity index (χ1n) is 6.43. The molecule has 0 amide bonds. The average molecular weight is 352 g/mol. The lowest BCUT2D eigenvalue weighted by molar-refractivity contribution is -0.137. The molecular formula is C15H14BrNO2S. The van der Waals surface area contributed by atoms with E-state index < -0.39 is 5.97 Å². The van der Waals surface area contributed by atoms with Gasteiger partial charge in [-0.2, -0.15) is 0 Å². The second kappa shape index (κ2) is 5.58. The van der Waals surface area contributed by atoms with Gasteiger partial charge in [-0.3, -0.25) is 4.79 Å². The fraction of sp³-hybridized carbons (Fsp3) is 0.267. The van der Waals surface area contributed by atoms with Gasteiger partial charge in [0.2, 0.25) is 0 Å². The van der Waals surface area contributed by atoms with Crippen LogP contribution in [0.2, 0.25) is 0 Å². The van der Waals surface area contributed by atoms with Gasteiger partial charge >= 0.3 is 5.97 Å². The summed E-state index contributed by atoms with van der Waals surface area (Å²) in [5, 5.41) is 9.06. The van der Waals surface area contributed by atoms with Gasteiger partial charge in [-0.05, 0) is 39.7 Å². The Morgan fingerprint density at radius 1 is 1.35 bits per heavy atom. The maximum Gasteiger partial charge on any atom is 0.304 e. The molecule has 0 bridgehead atoms. The number of thiophene rings is 1. The quantitative estimate of drug-likeness (QED) is 0.901. The normalized spacial score (nSPS) is 17.2. The molecule has 1 aliphatic rings. The molecule has 1 aromatic carbocycles. The predicted octanol–water partition coefficient (Wildman–Crippen LogP) is 4.09. The SMILES string of the molecule is O=C(O)CC1CN(Cc2ccc(Br)s2)c2ccccc21. The Morgan fingerprint density at radius 2 is 2.15 bits per heavy atom. The molecule has 1 atom stereocenters. The van der Waals surface area contributed by atoms with Crippen molar-refractivity contribution in [3.05, 3.63) is 50.6 Å². The Kier molecular flexibility index (Phi) is 3.81. The van der Waals surface area contributed by atoms with Crippen LogP contribution in [0.4, 0.5) is 5.69 Å². The molecule has 0 saturated heterocycles. The molecule has 0 aliphatic carbocycles. The first-order valence-corrected chi connectivity index (χ1v) is 8.04. The predicted molar refractivity (Wildman–Crippen MR) is 84.5 cm³/mol. The van der Waals surface area contributed by atoms with E-state index in [9.17, 15) is 4.79 Å². The molecule has 20 heavy (non-hydrogen) atoms. The molecule has 1 N–H and O–H groups in total.